The van der Waals surface area contributed by atoms with Crippen LogP contribution in [0.2, 0.25) is 0 Å². The minimum atomic E-state index is -0.723. The van der Waals surface area contributed by atoms with Crippen molar-refractivity contribution in [1.29, 1.82) is 0 Å². The fraction of sp³-hybridized carbons (Fsp3) is 0.250. The third kappa shape index (κ3) is 3.62. The number of benzene rings is 1. The summed E-state index contributed by atoms with van der Waals surface area (Å²) in [5.74, 6) is -1.97. The van der Waals surface area contributed by atoms with Gasteiger partial charge in [-0.2, -0.15) is 0 Å². The molecule has 0 fully saturated rings. The molecule has 27 heavy (non-hydrogen) atoms. The monoisotopic (exact) mass is 367 g/mol. The Morgan fingerprint density at radius 1 is 1.11 bits per heavy atom. The van der Waals surface area contributed by atoms with Gasteiger partial charge in [0.1, 0.15) is 5.58 Å². The van der Waals surface area contributed by atoms with Crippen molar-refractivity contribution in [3.05, 3.63) is 59.2 Å². The molecule has 1 aliphatic carbocycles. The topological polar surface area (TPSA) is 98.8 Å². The highest BCUT2D eigenvalue weighted by molar-refractivity contribution is 6.03. The predicted molar refractivity (Wildman–Crippen MR) is 94.1 cm³/mol. The maximum Gasteiger partial charge on any atom is 0.310 e. The number of amides is 2. The summed E-state index contributed by atoms with van der Waals surface area (Å²) in [5.41, 5.74) is 4.05. The van der Waals surface area contributed by atoms with E-state index in [4.69, 9.17) is 13.6 Å². The molecule has 7 heteroatoms. The van der Waals surface area contributed by atoms with Gasteiger partial charge in [0.25, 0.3) is 11.8 Å². The molecule has 3 aromatic rings. The standard InChI is InChI=1S/C20H17NO6/c22-18(21-20(24)16-5-2-6-25-16)11-27-19(23)9-14-10-26-17-8-13-4-1-3-12(13)7-15(14)17/h2,5-8,10H,1,3-4,9,11H2,(H,21,22,24). The van der Waals surface area contributed by atoms with Gasteiger partial charge < -0.3 is 13.6 Å². The first-order valence-corrected chi connectivity index (χ1v) is 8.65. The molecule has 0 atom stereocenters. The van der Waals surface area contributed by atoms with Crippen LogP contribution in [0, 0.1) is 0 Å². The Balaban J connectivity index is 1.34. The molecule has 7 nitrogen and oxygen atoms in total. The normalized spacial score (nSPS) is 12.7. The summed E-state index contributed by atoms with van der Waals surface area (Å²) in [6.07, 6.45) is 6.07. The molecular formula is C20H17NO6. The van der Waals surface area contributed by atoms with Crippen LogP contribution in [0.4, 0.5) is 0 Å². The zero-order valence-electron chi connectivity index (χ0n) is 14.4. The summed E-state index contributed by atoms with van der Waals surface area (Å²) >= 11 is 0. The van der Waals surface area contributed by atoms with Crippen molar-refractivity contribution in [3.8, 4) is 0 Å². The van der Waals surface area contributed by atoms with E-state index in [0.29, 0.717) is 0 Å². The van der Waals surface area contributed by atoms with Crippen molar-refractivity contribution in [2.24, 2.45) is 0 Å². The van der Waals surface area contributed by atoms with Crippen LogP contribution in [0.25, 0.3) is 11.0 Å². The van der Waals surface area contributed by atoms with Crippen LogP contribution in [0.3, 0.4) is 0 Å². The van der Waals surface area contributed by atoms with Gasteiger partial charge >= 0.3 is 5.97 Å². The van der Waals surface area contributed by atoms with Crippen LogP contribution in [0.1, 0.15) is 33.7 Å². The Kier molecular flexibility index (Phi) is 4.50. The van der Waals surface area contributed by atoms with E-state index in [1.54, 1.807) is 6.26 Å². The van der Waals surface area contributed by atoms with E-state index in [0.717, 1.165) is 35.8 Å². The molecule has 0 spiro atoms. The van der Waals surface area contributed by atoms with Crippen LogP contribution in [-0.4, -0.2) is 24.4 Å². The second-order valence-corrected chi connectivity index (χ2v) is 6.42. The maximum absolute atomic E-state index is 12.1. The lowest BCUT2D eigenvalue weighted by molar-refractivity contribution is -0.147. The van der Waals surface area contributed by atoms with Crippen molar-refractivity contribution in [1.82, 2.24) is 5.32 Å². The summed E-state index contributed by atoms with van der Waals surface area (Å²) < 4.78 is 15.4. The summed E-state index contributed by atoms with van der Waals surface area (Å²) in [5, 5.41) is 2.98. The molecule has 138 valence electrons. The Bertz CT molecular complexity index is 1010. The number of hydrogen-bond acceptors (Lipinski definition) is 6. The van der Waals surface area contributed by atoms with Gasteiger partial charge in [0.2, 0.25) is 0 Å². The van der Waals surface area contributed by atoms with E-state index in [1.807, 2.05) is 6.07 Å². The summed E-state index contributed by atoms with van der Waals surface area (Å²) in [4.78, 5) is 35.5. The zero-order chi connectivity index (χ0) is 18.8. The number of carbonyl (C=O) groups excluding carboxylic acids is 3. The molecule has 2 amide bonds. The minimum Gasteiger partial charge on any atom is -0.464 e. The highest BCUT2D eigenvalue weighted by Crippen LogP contribution is 2.30. The first-order chi connectivity index (χ1) is 13.1. The zero-order valence-corrected chi connectivity index (χ0v) is 14.4. The van der Waals surface area contributed by atoms with Gasteiger partial charge in [-0.25, -0.2) is 0 Å². The summed E-state index contributed by atoms with van der Waals surface area (Å²) in [7, 11) is 0. The number of imide groups is 1. The summed E-state index contributed by atoms with van der Waals surface area (Å²) in [6.45, 7) is -0.545. The number of nitrogens with one attached hydrogen (secondary N) is 1. The Labute approximate surface area is 154 Å². The number of esters is 1. The number of rotatable bonds is 5. The van der Waals surface area contributed by atoms with E-state index >= 15 is 0 Å². The van der Waals surface area contributed by atoms with Crippen LogP contribution >= 0.6 is 0 Å². The molecule has 2 heterocycles. The molecule has 1 N–H and O–H groups in total. The molecule has 1 aliphatic rings. The first-order valence-electron chi connectivity index (χ1n) is 8.65. The quantitative estimate of drug-likeness (QED) is 0.696. The maximum atomic E-state index is 12.1. The van der Waals surface area contributed by atoms with Gasteiger partial charge in [-0.15, -0.1) is 0 Å². The number of ether oxygens (including phenoxy) is 1. The number of carbonyl (C=O) groups is 3. The highest BCUT2D eigenvalue weighted by Gasteiger charge is 2.18. The Morgan fingerprint density at radius 3 is 2.70 bits per heavy atom. The third-order valence-electron chi connectivity index (χ3n) is 4.57. The molecular weight excluding hydrogens is 350 g/mol. The van der Waals surface area contributed by atoms with Gasteiger partial charge in [-0.1, -0.05) is 0 Å². The second-order valence-electron chi connectivity index (χ2n) is 6.42. The highest BCUT2D eigenvalue weighted by atomic mass is 16.5. The average Bonchev–Trinajstić information content (AvgIpc) is 3.39. The third-order valence-corrected chi connectivity index (χ3v) is 4.57. The van der Waals surface area contributed by atoms with Crippen LogP contribution in [-0.2, 0) is 33.6 Å². The van der Waals surface area contributed by atoms with Crippen LogP contribution in [0.15, 0.2) is 45.6 Å². The number of furan rings is 2. The fourth-order valence-corrected chi connectivity index (χ4v) is 3.27. The molecule has 0 bridgehead atoms. The van der Waals surface area contributed by atoms with Gasteiger partial charge in [-0.3, -0.25) is 19.7 Å². The minimum absolute atomic E-state index is 0.00655. The average molecular weight is 367 g/mol. The van der Waals surface area contributed by atoms with Crippen molar-refractivity contribution in [3.63, 3.8) is 0 Å². The lowest BCUT2D eigenvalue weighted by Crippen LogP contribution is -2.34. The van der Waals surface area contributed by atoms with Crippen molar-refractivity contribution < 1.29 is 28.0 Å². The van der Waals surface area contributed by atoms with E-state index in [1.165, 1.54) is 29.5 Å². The molecule has 0 unspecified atom stereocenters. The molecule has 4 rings (SSSR count). The number of hydrogen-bond donors (Lipinski definition) is 1. The molecule has 1 aromatic carbocycles. The first kappa shape index (κ1) is 17.1. The molecule has 0 saturated heterocycles. The van der Waals surface area contributed by atoms with Crippen molar-refractivity contribution >= 4 is 28.8 Å². The fourth-order valence-electron chi connectivity index (χ4n) is 3.27. The molecule has 2 aromatic heterocycles. The van der Waals surface area contributed by atoms with Crippen LogP contribution < -0.4 is 5.32 Å². The SMILES string of the molecule is O=C(COC(=O)Cc1coc2cc3c(cc12)CCC3)NC(=O)c1ccco1. The summed E-state index contributed by atoms with van der Waals surface area (Å²) in [6, 6.07) is 7.05. The van der Waals surface area contributed by atoms with Gasteiger partial charge in [0, 0.05) is 10.9 Å². The molecule has 0 radical (unpaired) electrons. The van der Waals surface area contributed by atoms with Gasteiger partial charge in [0.05, 0.1) is 18.9 Å². The van der Waals surface area contributed by atoms with E-state index in [2.05, 4.69) is 11.4 Å². The molecule has 0 saturated carbocycles. The smallest absolute Gasteiger partial charge is 0.310 e. The van der Waals surface area contributed by atoms with Gasteiger partial charge in [-0.05, 0) is 54.7 Å². The largest absolute Gasteiger partial charge is 0.464 e. The van der Waals surface area contributed by atoms with Crippen molar-refractivity contribution in [2.45, 2.75) is 25.7 Å². The van der Waals surface area contributed by atoms with E-state index in [9.17, 15) is 14.4 Å². The Morgan fingerprint density at radius 2 is 1.93 bits per heavy atom. The van der Waals surface area contributed by atoms with E-state index in [-0.39, 0.29) is 12.2 Å². The number of aryl methyl sites for hydroxylation is 2. The Hall–Kier alpha value is -3.35. The second kappa shape index (κ2) is 7.11. The van der Waals surface area contributed by atoms with Gasteiger partial charge in [0.15, 0.2) is 12.4 Å². The van der Waals surface area contributed by atoms with Crippen LogP contribution in [0.5, 0.6) is 0 Å². The molecule has 0 aliphatic heterocycles. The van der Waals surface area contributed by atoms with Crippen molar-refractivity contribution in [2.75, 3.05) is 6.61 Å². The lowest BCUT2D eigenvalue weighted by Gasteiger charge is -2.05. The lowest BCUT2D eigenvalue weighted by atomic mass is 10.0. The van der Waals surface area contributed by atoms with E-state index < -0.39 is 24.4 Å². The predicted octanol–water partition coefficient (Wildman–Crippen LogP) is 2.56. The number of fused-ring (bicyclic) bond motifs is 2.